The second kappa shape index (κ2) is 6.82. The van der Waals surface area contributed by atoms with E-state index in [2.05, 4.69) is 4.90 Å². The van der Waals surface area contributed by atoms with E-state index in [9.17, 15) is 5.11 Å². The van der Waals surface area contributed by atoms with Crippen LogP contribution in [0, 0.1) is 5.92 Å². The van der Waals surface area contributed by atoms with Crippen molar-refractivity contribution in [3.8, 4) is 5.75 Å². The fraction of sp³-hybridized carbons (Fsp3) is 0.556. The molecule has 0 radical (unpaired) electrons. The SMILES string of the molecule is COCCOc1ccc(/C=C/C2(O)CN3CCC2CC3)cc1. The van der Waals surface area contributed by atoms with Gasteiger partial charge < -0.3 is 19.5 Å². The molecule has 3 aliphatic heterocycles. The molecular weight excluding hydrogens is 278 g/mol. The molecule has 4 nitrogen and oxygen atoms in total. The van der Waals surface area contributed by atoms with Crippen LogP contribution in [0.5, 0.6) is 5.75 Å². The van der Waals surface area contributed by atoms with Gasteiger partial charge in [-0.05, 0) is 49.5 Å². The van der Waals surface area contributed by atoms with Gasteiger partial charge in [0.2, 0.25) is 0 Å². The summed E-state index contributed by atoms with van der Waals surface area (Å²) in [6, 6.07) is 7.94. The smallest absolute Gasteiger partial charge is 0.119 e. The zero-order chi connectivity index (χ0) is 15.4. The Morgan fingerprint density at radius 3 is 2.55 bits per heavy atom. The zero-order valence-electron chi connectivity index (χ0n) is 13.2. The van der Waals surface area contributed by atoms with Gasteiger partial charge in [-0.3, -0.25) is 0 Å². The van der Waals surface area contributed by atoms with E-state index >= 15 is 0 Å². The minimum absolute atomic E-state index is 0.408. The molecule has 3 fully saturated rings. The van der Waals surface area contributed by atoms with E-state index < -0.39 is 5.60 Å². The molecule has 2 bridgehead atoms. The lowest BCUT2D eigenvalue weighted by Crippen LogP contribution is -2.58. The number of fused-ring (bicyclic) bond motifs is 3. The molecule has 1 aromatic rings. The third kappa shape index (κ3) is 3.51. The van der Waals surface area contributed by atoms with E-state index in [1.807, 2.05) is 36.4 Å². The summed E-state index contributed by atoms with van der Waals surface area (Å²) < 4.78 is 10.5. The monoisotopic (exact) mass is 303 g/mol. The molecule has 1 N–H and O–H groups in total. The van der Waals surface area contributed by atoms with Gasteiger partial charge in [-0.2, -0.15) is 0 Å². The third-order valence-electron chi connectivity index (χ3n) is 4.77. The molecule has 1 aromatic carbocycles. The number of aliphatic hydroxyl groups is 1. The van der Waals surface area contributed by atoms with E-state index in [-0.39, 0.29) is 0 Å². The summed E-state index contributed by atoms with van der Waals surface area (Å²) in [7, 11) is 1.66. The summed E-state index contributed by atoms with van der Waals surface area (Å²) in [5.74, 6) is 1.25. The highest BCUT2D eigenvalue weighted by atomic mass is 16.5. The first-order chi connectivity index (χ1) is 10.7. The lowest BCUT2D eigenvalue weighted by Gasteiger charge is -2.49. The summed E-state index contributed by atoms with van der Waals surface area (Å²) >= 11 is 0. The van der Waals surface area contributed by atoms with Gasteiger partial charge in [-0.1, -0.05) is 24.3 Å². The van der Waals surface area contributed by atoms with Crippen molar-refractivity contribution in [3.05, 3.63) is 35.9 Å². The molecule has 4 heteroatoms. The Morgan fingerprint density at radius 2 is 1.95 bits per heavy atom. The molecule has 22 heavy (non-hydrogen) atoms. The molecule has 3 aliphatic rings. The van der Waals surface area contributed by atoms with Gasteiger partial charge in [0.1, 0.15) is 12.4 Å². The molecule has 0 saturated carbocycles. The zero-order valence-corrected chi connectivity index (χ0v) is 13.2. The first-order valence-corrected chi connectivity index (χ1v) is 8.05. The number of hydrogen-bond acceptors (Lipinski definition) is 4. The van der Waals surface area contributed by atoms with Crippen LogP contribution in [0.4, 0.5) is 0 Å². The second-order valence-corrected chi connectivity index (χ2v) is 6.29. The summed E-state index contributed by atoms with van der Waals surface area (Å²) in [6.07, 6.45) is 6.23. The molecule has 1 unspecified atom stereocenters. The Morgan fingerprint density at radius 1 is 1.23 bits per heavy atom. The van der Waals surface area contributed by atoms with E-state index in [1.54, 1.807) is 7.11 Å². The van der Waals surface area contributed by atoms with Crippen molar-refractivity contribution in [1.29, 1.82) is 0 Å². The van der Waals surface area contributed by atoms with Crippen molar-refractivity contribution >= 4 is 6.08 Å². The van der Waals surface area contributed by atoms with Crippen molar-refractivity contribution in [2.75, 3.05) is 40.0 Å². The predicted octanol–water partition coefficient (Wildman–Crippen LogP) is 2.18. The second-order valence-electron chi connectivity index (χ2n) is 6.29. The van der Waals surface area contributed by atoms with Crippen LogP contribution < -0.4 is 4.74 Å². The van der Waals surface area contributed by atoms with Crippen LogP contribution in [0.15, 0.2) is 30.3 Å². The lowest BCUT2D eigenvalue weighted by molar-refractivity contribution is -0.0775. The van der Waals surface area contributed by atoms with Crippen LogP contribution in [0.2, 0.25) is 0 Å². The number of piperidine rings is 3. The molecule has 1 atom stereocenters. The Kier molecular flexibility index (Phi) is 4.81. The lowest BCUT2D eigenvalue weighted by atomic mass is 9.75. The van der Waals surface area contributed by atoms with Gasteiger partial charge in [0, 0.05) is 13.7 Å². The molecular formula is C18H25NO3. The Bertz CT molecular complexity index is 506. The van der Waals surface area contributed by atoms with Crippen molar-refractivity contribution in [1.82, 2.24) is 4.90 Å². The number of rotatable bonds is 6. The van der Waals surface area contributed by atoms with Crippen molar-refractivity contribution in [2.45, 2.75) is 18.4 Å². The highest BCUT2D eigenvalue weighted by Crippen LogP contribution is 2.36. The molecule has 3 saturated heterocycles. The van der Waals surface area contributed by atoms with E-state index in [1.165, 1.54) is 0 Å². The molecule has 0 spiro atoms. The van der Waals surface area contributed by atoms with E-state index in [4.69, 9.17) is 9.47 Å². The van der Waals surface area contributed by atoms with Crippen LogP contribution in [-0.2, 0) is 4.74 Å². The van der Waals surface area contributed by atoms with Crippen LogP contribution >= 0.6 is 0 Å². The van der Waals surface area contributed by atoms with Crippen LogP contribution in [-0.4, -0.2) is 55.6 Å². The number of benzene rings is 1. The number of nitrogens with zero attached hydrogens (tertiary/aromatic N) is 1. The Labute approximate surface area is 132 Å². The topological polar surface area (TPSA) is 41.9 Å². The van der Waals surface area contributed by atoms with Crippen LogP contribution in [0.1, 0.15) is 18.4 Å². The van der Waals surface area contributed by atoms with Crippen LogP contribution in [0.3, 0.4) is 0 Å². The molecule has 0 aromatic heterocycles. The molecule has 3 heterocycles. The summed E-state index contributed by atoms with van der Waals surface area (Å²) in [5.41, 5.74) is 0.424. The maximum Gasteiger partial charge on any atom is 0.119 e. The average Bonchev–Trinajstić information content (AvgIpc) is 2.55. The number of methoxy groups -OCH3 is 1. The number of hydrogen-bond donors (Lipinski definition) is 1. The highest BCUT2D eigenvalue weighted by Gasteiger charge is 2.43. The largest absolute Gasteiger partial charge is 0.491 e. The van der Waals surface area contributed by atoms with Crippen LogP contribution in [0.25, 0.3) is 6.08 Å². The van der Waals surface area contributed by atoms with E-state index in [0.717, 1.165) is 43.8 Å². The van der Waals surface area contributed by atoms with Gasteiger partial charge in [-0.25, -0.2) is 0 Å². The van der Waals surface area contributed by atoms with Crippen molar-refractivity contribution < 1.29 is 14.6 Å². The fourth-order valence-corrected chi connectivity index (χ4v) is 3.43. The summed E-state index contributed by atoms with van der Waals surface area (Å²) in [5, 5.41) is 10.9. The summed E-state index contributed by atoms with van der Waals surface area (Å²) in [6.45, 7) is 4.19. The standard InChI is InChI=1S/C18H25NO3/c1-21-12-13-22-17-4-2-15(3-5-17)6-9-18(20)14-19-10-7-16(18)8-11-19/h2-6,9,16,20H,7-8,10-14H2,1H3/b9-6+. The summed E-state index contributed by atoms with van der Waals surface area (Å²) in [4.78, 5) is 2.36. The first-order valence-electron chi connectivity index (χ1n) is 8.05. The molecule has 120 valence electrons. The minimum atomic E-state index is -0.663. The number of ether oxygens (including phenoxy) is 2. The van der Waals surface area contributed by atoms with Crippen molar-refractivity contribution in [3.63, 3.8) is 0 Å². The fourth-order valence-electron chi connectivity index (χ4n) is 3.43. The maximum absolute atomic E-state index is 10.9. The minimum Gasteiger partial charge on any atom is -0.491 e. The Balaban J connectivity index is 1.60. The molecule has 0 aliphatic carbocycles. The van der Waals surface area contributed by atoms with Gasteiger partial charge >= 0.3 is 0 Å². The molecule has 4 rings (SSSR count). The van der Waals surface area contributed by atoms with Gasteiger partial charge in [0.05, 0.1) is 12.2 Å². The molecule has 0 amide bonds. The van der Waals surface area contributed by atoms with Crippen molar-refractivity contribution in [2.24, 2.45) is 5.92 Å². The highest BCUT2D eigenvalue weighted by molar-refractivity contribution is 5.52. The van der Waals surface area contributed by atoms with E-state index in [0.29, 0.717) is 19.1 Å². The first kappa shape index (κ1) is 15.5. The maximum atomic E-state index is 10.9. The third-order valence-corrected chi connectivity index (χ3v) is 4.77. The predicted molar refractivity (Wildman–Crippen MR) is 87.0 cm³/mol. The average molecular weight is 303 g/mol. The Hall–Kier alpha value is -1.36. The van der Waals surface area contributed by atoms with Gasteiger partial charge in [-0.15, -0.1) is 0 Å². The quantitative estimate of drug-likeness (QED) is 0.818. The van der Waals surface area contributed by atoms with Gasteiger partial charge in [0.25, 0.3) is 0 Å². The van der Waals surface area contributed by atoms with Gasteiger partial charge in [0.15, 0.2) is 0 Å². The normalized spacial score (nSPS) is 30.8.